The van der Waals surface area contributed by atoms with Gasteiger partial charge in [0.25, 0.3) is 0 Å². The number of benzene rings is 1. The molecule has 0 bridgehead atoms. The number of nitrogens with one attached hydrogen (secondary N) is 1. The molecule has 0 unspecified atom stereocenters. The predicted molar refractivity (Wildman–Crippen MR) is 67.0 cm³/mol. The predicted octanol–water partition coefficient (Wildman–Crippen LogP) is 3.59. The molecule has 1 aliphatic rings. The highest BCUT2D eigenvalue weighted by molar-refractivity contribution is 5.75. The molecular weight excluding hydrogens is 241 g/mol. The fraction of sp³-hybridized carbons (Fsp3) is 0.538. The van der Waals surface area contributed by atoms with Crippen molar-refractivity contribution in [1.29, 1.82) is 0 Å². The highest BCUT2D eigenvalue weighted by Crippen LogP contribution is 2.42. The molecule has 1 aromatic rings. The monoisotopic (exact) mass is 258 g/mol. The molecular formula is C13H17F3N2. The Labute approximate surface area is 105 Å². The van der Waals surface area contributed by atoms with Gasteiger partial charge in [-0.25, -0.2) is 0 Å². The quantitative estimate of drug-likeness (QED) is 0.765. The number of alkyl halides is 3. The van der Waals surface area contributed by atoms with E-state index in [1.165, 1.54) is 6.07 Å². The van der Waals surface area contributed by atoms with Crippen LogP contribution in [0.25, 0.3) is 0 Å². The lowest BCUT2D eigenvalue weighted by molar-refractivity contribution is -0.136. The van der Waals surface area contributed by atoms with Crippen molar-refractivity contribution in [3.05, 3.63) is 23.8 Å². The molecule has 0 fully saturated rings. The number of hydrogen-bond donors (Lipinski definition) is 1. The van der Waals surface area contributed by atoms with Crippen LogP contribution in [0.1, 0.15) is 19.4 Å². The van der Waals surface area contributed by atoms with Crippen LogP contribution < -0.4 is 10.2 Å². The van der Waals surface area contributed by atoms with Crippen molar-refractivity contribution in [3.8, 4) is 0 Å². The fourth-order valence-corrected chi connectivity index (χ4v) is 2.39. The standard InChI is InChI=1S/C13H17F3N2/c1-12(2)7-17-11-9(13(14,15)16)5-4-6-10(11)18(3)8-12/h4-6,17H,7-8H2,1-3H3. The van der Waals surface area contributed by atoms with Gasteiger partial charge in [0.05, 0.1) is 16.9 Å². The molecule has 1 heterocycles. The van der Waals surface area contributed by atoms with Crippen molar-refractivity contribution in [1.82, 2.24) is 0 Å². The third kappa shape index (κ3) is 2.40. The lowest BCUT2D eigenvalue weighted by Crippen LogP contribution is -2.33. The molecule has 1 aromatic carbocycles. The van der Waals surface area contributed by atoms with Gasteiger partial charge in [0.1, 0.15) is 0 Å². The third-order valence-electron chi connectivity index (χ3n) is 3.17. The normalized spacial score (nSPS) is 18.9. The van der Waals surface area contributed by atoms with Crippen LogP contribution in [0.5, 0.6) is 0 Å². The highest BCUT2D eigenvalue weighted by Gasteiger charge is 2.36. The first kappa shape index (κ1) is 13.1. The average molecular weight is 258 g/mol. The molecule has 2 nitrogen and oxygen atoms in total. The fourth-order valence-electron chi connectivity index (χ4n) is 2.39. The molecule has 2 rings (SSSR count). The van der Waals surface area contributed by atoms with E-state index in [0.29, 0.717) is 18.8 Å². The minimum atomic E-state index is -4.33. The van der Waals surface area contributed by atoms with Crippen molar-refractivity contribution in [3.63, 3.8) is 0 Å². The average Bonchev–Trinajstić information content (AvgIpc) is 2.34. The molecule has 0 spiro atoms. The van der Waals surface area contributed by atoms with Gasteiger partial charge in [-0.2, -0.15) is 13.2 Å². The Morgan fingerprint density at radius 2 is 1.94 bits per heavy atom. The summed E-state index contributed by atoms with van der Waals surface area (Å²) < 4.78 is 38.9. The number of rotatable bonds is 0. The summed E-state index contributed by atoms with van der Waals surface area (Å²) in [5, 5.41) is 2.96. The van der Waals surface area contributed by atoms with Gasteiger partial charge >= 0.3 is 6.18 Å². The van der Waals surface area contributed by atoms with Crippen molar-refractivity contribution < 1.29 is 13.2 Å². The molecule has 0 saturated heterocycles. The van der Waals surface area contributed by atoms with E-state index >= 15 is 0 Å². The molecule has 0 atom stereocenters. The molecule has 1 aliphatic heterocycles. The van der Waals surface area contributed by atoms with Crippen LogP contribution in [0.2, 0.25) is 0 Å². The molecule has 0 saturated carbocycles. The zero-order valence-corrected chi connectivity index (χ0v) is 10.7. The SMILES string of the molecule is CN1CC(C)(C)CNc2c1cccc2C(F)(F)F. The van der Waals surface area contributed by atoms with Gasteiger partial charge in [0, 0.05) is 20.1 Å². The summed E-state index contributed by atoms with van der Waals surface area (Å²) in [5.41, 5.74) is 0.134. The topological polar surface area (TPSA) is 15.3 Å². The van der Waals surface area contributed by atoms with E-state index in [2.05, 4.69) is 5.32 Å². The lowest BCUT2D eigenvalue weighted by Gasteiger charge is -2.27. The number of fused-ring (bicyclic) bond motifs is 1. The van der Waals surface area contributed by atoms with E-state index in [9.17, 15) is 13.2 Å². The second-order valence-electron chi connectivity index (χ2n) is 5.57. The largest absolute Gasteiger partial charge is 0.418 e. The minimum absolute atomic E-state index is 0.0728. The van der Waals surface area contributed by atoms with Crippen molar-refractivity contribution in [2.45, 2.75) is 20.0 Å². The molecule has 1 N–H and O–H groups in total. The van der Waals surface area contributed by atoms with Gasteiger partial charge in [-0.05, 0) is 17.5 Å². The summed E-state index contributed by atoms with van der Waals surface area (Å²) >= 11 is 0. The maximum absolute atomic E-state index is 13.0. The van der Waals surface area contributed by atoms with Gasteiger partial charge in [-0.3, -0.25) is 0 Å². The number of hydrogen-bond acceptors (Lipinski definition) is 2. The van der Waals surface area contributed by atoms with Gasteiger partial charge in [-0.15, -0.1) is 0 Å². The van der Waals surface area contributed by atoms with E-state index in [1.54, 1.807) is 6.07 Å². The molecule has 0 amide bonds. The van der Waals surface area contributed by atoms with Crippen LogP contribution in [0.15, 0.2) is 18.2 Å². The van der Waals surface area contributed by atoms with Crippen LogP contribution in [-0.2, 0) is 6.18 Å². The van der Waals surface area contributed by atoms with Crippen molar-refractivity contribution in [2.75, 3.05) is 30.4 Å². The summed E-state index contributed by atoms with van der Waals surface area (Å²) in [6.07, 6.45) is -4.33. The number of halogens is 3. The molecule has 5 heteroatoms. The van der Waals surface area contributed by atoms with Crippen LogP contribution in [0, 0.1) is 5.41 Å². The van der Waals surface area contributed by atoms with Crippen molar-refractivity contribution in [2.24, 2.45) is 5.41 Å². The smallest absolute Gasteiger partial charge is 0.382 e. The van der Waals surface area contributed by atoms with Gasteiger partial charge < -0.3 is 10.2 Å². The Morgan fingerprint density at radius 1 is 1.28 bits per heavy atom. The maximum Gasteiger partial charge on any atom is 0.418 e. The Kier molecular flexibility index (Phi) is 2.95. The highest BCUT2D eigenvalue weighted by atomic mass is 19.4. The van der Waals surface area contributed by atoms with Crippen LogP contribution in [0.4, 0.5) is 24.5 Å². The summed E-state index contributed by atoms with van der Waals surface area (Å²) in [5.74, 6) is 0. The molecule has 0 aromatic heterocycles. The van der Waals surface area contributed by atoms with Gasteiger partial charge in [0.2, 0.25) is 0 Å². The first-order valence-corrected chi connectivity index (χ1v) is 5.86. The molecule has 100 valence electrons. The molecule has 0 aliphatic carbocycles. The zero-order valence-electron chi connectivity index (χ0n) is 10.7. The lowest BCUT2D eigenvalue weighted by atomic mass is 9.93. The number of nitrogens with zero attached hydrogens (tertiary/aromatic N) is 1. The van der Waals surface area contributed by atoms with E-state index in [0.717, 1.165) is 6.07 Å². The van der Waals surface area contributed by atoms with E-state index < -0.39 is 11.7 Å². The maximum atomic E-state index is 13.0. The van der Waals surface area contributed by atoms with Gasteiger partial charge in [-0.1, -0.05) is 19.9 Å². The molecule has 0 radical (unpaired) electrons. The molecule has 18 heavy (non-hydrogen) atoms. The third-order valence-corrected chi connectivity index (χ3v) is 3.17. The first-order chi connectivity index (χ1) is 8.21. The Bertz CT molecular complexity index is 452. The van der Waals surface area contributed by atoms with Crippen LogP contribution in [0.3, 0.4) is 0 Å². The second kappa shape index (κ2) is 4.07. The Hall–Kier alpha value is -1.39. The zero-order chi connectivity index (χ0) is 13.6. The van der Waals surface area contributed by atoms with Gasteiger partial charge in [0.15, 0.2) is 0 Å². The minimum Gasteiger partial charge on any atom is -0.382 e. The van der Waals surface area contributed by atoms with Crippen molar-refractivity contribution >= 4 is 11.4 Å². The van der Waals surface area contributed by atoms with E-state index in [4.69, 9.17) is 0 Å². The number of para-hydroxylation sites is 1. The number of anilines is 2. The Balaban J connectivity index is 2.52. The summed E-state index contributed by atoms with van der Waals surface area (Å²) in [6.45, 7) is 5.32. The summed E-state index contributed by atoms with van der Waals surface area (Å²) in [6, 6.07) is 4.30. The van der Waals surface area contributed by atoms with E-state index in [1.807, 2.05) is 25.8 Å². The summed E-state index contributed by atoms with van der Waals surface area (Å²) in [4.78, 5) is 1.88. The second-order valence-corrected chi connectivity index (χ2v) is 5.57. The van der Waals surface area contributed by atoms with Crippen LogP contribution in [-0.4, -0.2) is 20.1 Å². The van der Waals surface area contributed by atoms with E-state index in [-0.39, 0.29) is 11.1 Å². The summed E-state index contributed by atoms with van der Waals surface area (Å²) in [7, 11) is 1.83. The van der Waals surface area contributed by atoms with Crippen LogP contribution >= 0.6 is 0 Å². The Morgan fingerprint density at radius 3 is 2.56 bits per heavy atom. The first-order valence-electron chi connectivity index (χ1n) is 5.86.